The van der Waals surface area contributed by atoms with E-state index in [-0.39, 0.29) is 6.10 Å². The number of anilines is 1. The molecule has 1 aliphatic heterocycles. The molecule has 0 amide bonds. The van der Waals surface area contributed by atoms with Gasteiger partial charge in [-0.1, -0.05) is 18.2 Å². The van der Waals surface area contributed by atoms with E-state index in [1.807, 2.05) is 30.5 Å². The number of imidazole rings is 1. The summed E-state index contributed by atoms with van der Waals surface area (Å²) in [6, 6.07) is 7.83. The molecular weight excluding hydrogens is 296 g/mol. The molecule has 3 aromatic rings. The first-order valence-corrected chi connectivity index (χ1v) is 8.26. The van der Waals surface area contributed by atoms with E-state index in [4.69, 9.17) is 15.5 Å². The van der Waals surface area contributed by atoms with Crippen molar-refractivity contribution in [1.82, 2.24) is 14.7 Å². The molecule has 1 unspecified atom stereocenters. The highest BCUT2D eigenvalue weighted by atomic mass is 32.1. The summed E-state index contributed by atoms with van der Waals surface area (Å²) in [5.41, 5.74) is 8.70. The first-order valence-electron chi connectivity index (χ1n) is 7.44. The van der Waals surface area contributed by atoms with Crippen LogP contribution in [0.2, 0.25) is 0 Å². The van der Waals surface area contributed by atoms with Crippen molar-refractivity contribution >= 4 is 22.0 Å². The number of ether oxygens (including phenoxy) is 1. The van der Waals surface area contributed by atoms with Gasteiger partial charge in [-0.15, -0.1) is 11.3 Å². The number of nitrogens with one attached hydrogen (secondary N) is 1. The van der Waals surface area contributed by atoms with Crippen LogP contribution in [-0.2, 0) is 11.2 Å². The second kappa shape index (κ2) is 5.72. The fraction of sp³-hybridized carbons (Fsp3) is 0.312. The highest BCUT2D eigenvalue weighted by molar-refractivity contribution is 7.17. The molecule has 0 spiro atoms. The standard InChI is InChI=1S/C16H18N4OS/c17-14-4-2-1-3-13(14)15-10-20-9-12(22-16(20)19-15)7-11-8-18-5-6-21-11/h1-4,9-11,18H,5-8,17H2. The zero-order chi connectivity index (χ0) is 14.9. The van der Waals surface area contributed by atoms with Crippen LogP contribution >= 0.6 is 11.3 Å². The van der Waals surface area contributed by atoms with E-state index in [1.54, 1.807) is 11.3 Å². The van der Waals surface area contributed by atoms with E-state index in [0.717, 1.165) is 48.0 Å². The molecule has 114 valence electrons. The third-order valence-electron chi connectivity index (χ3n) is 3.87. The fourth-order valence-electron chi connectivity index (χ4n) is 2.77. The Bertz CT molecular complexity index is 757. The molecule has 3 N–H and O–H groups in total. The summed E-state index contributed by atoms with van der Waals surface area (Å²) in [6.07, 6.45) is 5.39. The highest BCUT2D eigenvalue weighted by Crippen LogP contribution is 2.28. The molecule has 2 aromatic heterocycles. The average Bonchev–Trinajstić information content (AvgIpc) is 3.07. The molecule has 22 heavy (non-hydrogen) atoms. The summed E-state index contributed by atoms with van der Waals surface area (Å²) in [7, 11) is 0. The number of morpholine rings is 1. The maximum atomic E-state index is 6.03. The zero-order valence-electron chi connectivity index (χ0n) is 12.2. The summed E-state index contributed by atoms with van der Waals surface area (Å²) < 4.78 is 7.84. The van der Waals surface area contributed by atoms with E-state index in [1.165, 1.54) is 4.88 Å². The Hall–Kier alpha value is -1.89. The van der Waals surface area contributed by atoms with Crippen LogP contribution in [0.5, 0.6) is 0 Å². The summed E-state index contributed by atoms with van der Waals surface area (Å²) in [4.78, 5) is 6.99. The minimum atomic E-state index is 0.265. The summed E-state index contributed by atoms with van der Waals surface area (Å²) in [6.45, 7) is 2.67. The SMILES string of the molecule is Nc1ccccc1-c1cn2cc(CC3CNCCO3)sc2n1. The van der Waals surface area contributed by atoms with Crippen molar-refractivity contribution in [2.45, 2.75) is 12.5 Å². The van der Waals surface area contributed by atoms with Crippen molar-refractivity contribution in [3.63, 3.8) is 0 Å². The van der Waals surface area contributed by atoms with E-state index in [9.17, 15) is 0 Å². The van der Waals surface area contributed by atoms with Crippen LogP contribution in [0.4, 0.5) is 5.69 Å². The third kappa shape index (κ3) is 2.61. The van der Waals surface area contributed by atoms with Gasteiger partial charge in [-0.05, 0) is 6.07 Å². The van der Waals surface area contributed by atoms with E-state index in [0.29, 0.717) is 0 Å². The Labute approximate surface area is 132 Å². The number of para-hydroxylation sites is 1. The molecule has 1 fully saturated rings. The summed E-state index contributed by atoms with van der Waals surface area (Å²) in [5.74, 6) is 0. The lowest BCUT2D eigenvalue weighted by Crippen LogP contribution is -2.39. The van der Waals surface area contributed by atoms with Crippen LogP contribution in [0.25, 0.3) is 16.2 Å². The van der Waals surface area contributed by atoms with Gasteiger partial charge in [0.1, 0.15) is 0 Å². The van der Waals surface area contributed by atoms with Crippen LogP contribution in [0.1, 0.15) is 4.88 Å². The molecule has 0 radical (unpaired) electrons. The maximum Gasteiger partial charge on any atom is 0.194 e. The molecule has 3 heterocycles. The zero-order valence-corrected chi connectivity index (χ0v) is 13.0. The quantitative estimate of drug-likeness (QED) is 0.727. The van der Waals surface area contributed by atoms with Gasteiger partial charge >= 0.3 is 0 Å². The Morgan fingerprint density at radius 1 is 1.36 bits per heavy atom. The van der Waals surface area contributed by atoms with Gasteiger partial charge in [0.15, 0.2) is 4.96 Å². The van der Waals surface area contributed by atoms with Crippen molar-refractivity contribution in [1.29, 1.82) is 0 Å². The lowest BCUT2D eigenvalue weighted by atomic mass is 10.1. The molecule has 0 bridgehead atoms. The third-order valence-corrected chi connectivity index (χ3v) is 4.89. The normalized spacial score (nSPS) is 18.8. The molecule has 4 rings (SSSR count). The van der Waals surface area contributed by atoms with Gasteiger partial charge in [-0.2, -0.15) is 0 Å². The molecule has 1 saturated heterocycles. The molecule has 6 heteroatoms. The Kier molecular flexibility index (Phi) is 3.57. The van der Waals surface area contributed by atoms with Crippen LogP contribution in [0.3, 0.4) is 0 Å². The van der Waals surface area contributed by atoms with Crippen LogP contribution in [0, 0.1) is 0 Å². The van der Waals surface area contributed by atoms with Crippen molar-refractivity contribution < 1.29 is 4.74 Å². The second-order valence-electron chi connectivity index (χ2n) is 5.50. The van der Waals surface area contributed by atoms with Gasteiger partial charge < -0.3 is 15.8 Å². The monoisotopic (exact) mass is 314 g/mol. The van der Waals surface area contributed by atoms with Crippen molar-refractivity contribution in [3.8, 4) is 11.3 Å². The lowest BCUT2D eigenvalue weighted by Gasteiger charge is -2.22. The highest BCUT2D eigenvalue weighted by Gasteiger charge is 2.16. The predicted octanol–water partition coefficient (Wildman–Crippen LogP) is 2.18. The number of benzene rings is 1. The van der Waals surface area contributed by atoms with Crippen molar-refractivity contribution in [3.05, 3.63) is 41.5 Å². The predicted molar refractivity (Wildman–Crippen MR) is 89.2 cm³/mol. The molecular formula is C16H18N4OS. The van der Waals surface area contributed by atoms with Gasteiger partial charge in [-0.3, -0.25) is 4.40 Å². The number of rotatable bonds is 3. The molecule has 1 atom stereocenters. The van der Waals surface area contributed by atoms with E-state index < -0.39 is 0 Å². The van der Waals surface area contributed by atoms with Crippen LogP contribution in [-0.4, -0.2) is 35.2 Å². The molecule has 0 saturated carbocycles. The van der Waals surface area contributed by atoms with Crippen molar-refractivity contribution in [2.75, 3.05) is 25.4 Å². The Morgan fingerprint density at radius 3 is 3.05 bits per heavy atom. The second-order valence-corrected chi connectivity index (χ2v) is 6.60. The van der Waals surface area contributed by atoms with Crippen LogP contribution < -0.4 is 11.1 Å². The van der Waals surface area contributed by atoms with Gasteiger partial charge in [0.2, 0.25) is 0 Å². The lowest BCUT2D eigenvalue weighted by molar-refractivity contribution is 0.0297. The van der Waals surface area contributed by atoms with E-state index in [2.05, 4.69) is 15.9 Å². The number of nitrogens with zero attached hydrogens (tertiary/aromatic N) is 2. The first kappa shape index (κ1) is 13.8. The van der Waals surface area contributed by atoms with E-state index >= 15 is 0 Å². The Morgan fingerprint density at radius 2 is 2.27 bits per heavy atom. The largest absolute Gasteiger partial charge is 0.398 e. The molecule has 0 aliphatic carbocycles. The van der Waals surface area contributed by atoms with Gasteiger partial charge in [-0.25, -0.2) is 4.98 Å². The molecule has 5 nitrogen and oxygen atoms in total. The van der Waals surface area contributed by atoms with Crippen LogP contribution in [0.15, 0.2) is 36.7 Å². The number of thiazole rings is 1. The number of hydrogen-bond acceptors (Lipinski definition) is 5. The number of hydrogen-bond donors (Lipinski definition) is 2. The number of aromatic nitrogens is 2. The fourth-order valence-corrected chi connectivity index (χ4v) is 3.80. The van der Waals surface area contributed by atoms with Gasteiger partial charge in [0, 0.05) is 48.0 Å². The topological polar surface area (TPSA) is 64.6 Å². The molecule has 1 aliphatic rings. The summed E-state index contributed by atoms with van der Waals surface area (Å²) in [5, 5.41) is 3.36. The summed E-state index contributed by atoms with van der Waals surface area (Å²) >= 11 is 1.72. The number of nitrogen functional groups attached to an aromatic ring is 1. The number of fused-ring (bicyclic) bond motifs is 1. The Balaban J connectivity index is 1.58. The minimum Gasteiger partial charge on any atom is -0.398 e. The average molecular weight is 314 g/mol. The van der Waals surface area contributed by atoms with Gasteiger partial charge in [0.25, 0.3) is 0 Å². The maximum absolute atomic E-state index is 6.03. The number of nitrogens with two attached hydrogens (primary N) is 1. The van der Waals surface area contributed by atoms with Gasteiger partial charge in [0.05, 0.1) is 18.4 Å². The molecule has 1 aromatic carbocycles. The first-order chi connectivity index (χ1) is 10.8. The van der Waals surface area contributed by atoms with Crippen molar-refractivity contribution in [2.24, 2.45) is 0 Å². The smallest absolute Gasteiger partial charge is 0.194 e. The minimum absolute atomic E-state index is 0.265.